The van der Waals surface area contributed by atoms with Gasteiger partial charge in [-0.05, 0) is 25.2 Å². The second-order valence-electron chi connectivity index (χ2n) is 4.11. The SMILES string of the molecule is CCCCC/C=C1/NC(=O)OCCC1C. The summed E-state index contributed by atoms with van der Waals surface area (Å²) in [5.41, 5.74) is 1.04. The summed E-state index contributed by atoms with van der Waals surface area (Å²) in [5.74, 6) is 0.401. The predicted molar refractivity (Wildman–Crippen MR) is 60.5 cm³/mol. The largest absolute Gasteiger partial charge is 0.449 e. The number of rotatable bonds is 4. The molecule has 1 aliphatic heterocycles. The highest BCUT2D eigenvalue weighted by Crippen LogP contribution is 2.17. The Bertz CT molecular complexity index is 236. The number of alkyl carbamates (subject to hydrolysis) is 1. The fourth-order valence-electron chi connectivity index (χ4n) is 1.67. The maximum absolute atomic E-state index is 11.2. The Balaban J connectivity index is 2.44. The van der Waals surface area contributed by atoms with E-state index in [-0.39, 0.29) is 6.09 Å². The number of ether oxygens (including phenoxy) is 1. The van der Waals surface area contributed by atoms with Crippen LogP contribution in [0.4, 0.5) is 4.79 Å². The van der Waals surface area contributed by atoms with Gasteiger partial charge in [0.05, 0.1) is 6.61 Å². The van der Waals surface area contributed by atoms with Crippen molar-refractivity contribution in [2.75, 3.05) is 6.61 Å². The topological polar surface area (TPSA) is 38.3 Å². The van der Waals surface area contributed by atoms with Gasteiger partial charge in [-0.25, -0.2) is 4.79 Å². The van der Waals surface area contributed by atoms with Crippen LogP contribution >= 0.6 is 0 Å². The Labute approximate surface area is 91.9 Å². The molecule has 1 heterocycles. The van der Waals surface area contributed by atoms with Gasteiger partial charge in [-0.15, -0.1) is 0 Å². The lowest BCUT2D eigenvalue weighted by Crippen LogP contribution is -2.22. The van der Waals surface area contributed by atoms with Gasteiger partial charge in [0.1, 0.15) is 0 Å². The maximum atomic E-state index is 11.2. The summed E-state index contributed by atoms with van der Waals surface area (Å²) in [4.78, 5) is 11.2. The molecule has 1 unspecified atom stereocenters. The number of hydrogen-bond donors (Lipinski definition) is 1. The van der Waals surface area contributed by atoms with Crippen LogP contribution in [0.3, 0.4) is 0 Å². The molecule has 1 saturated heterocycles. The molecule has 86 valence electrons. The van der Waals surface area contributed by atoms with E-state index < -0.39 is 0 Å². The summed E-state index contributed by atoms with van der Waals surface area (Å²) in [6, 6.07) is 0. The third kappa shape index (κ3) is 4.36. The molecule has 1 aliphatic rings. The molecule has 1 rings (SSSR count). The van der Waals surface area contributed by atoms with Crippen LogP contribution in [0.15, 0.2) is 11.8 Å². The second kappa shape index (κ2) is 6.49. The van der Waals surface area contributed by atoms with Crippen LogP contribution in [0.25, 0.3) is 0 Å². The number of unbranched alkanes of at least 4 members (excludes halogenated alkanes) is 3. The van der Waals surface area contributed by atoms with Crippen LogP contribution in [0.5, 0.6) is 0 Å². The molecule has 0 radical (unpaired) electrons. The van der Waals surface area contributed by atoms with Gasteiger partial charge >= 0.3 is 6.09 Å². The van der Waals surface area contributed by atoms with Crippen molar-refractivity contribution in [3.8, 4) is 0 Å². The monoisotopic (exact) mass is 211 g/mol. The molecule has 0 aromatic rings. The Morgan fingerprint density at radius 1 is 1.53 bits per heavy atom. The maximum Gasteiger partial charge on any atom is 0.411 e. The van der Waals surface area contributed by atoms with Gasteiger partial charge in [0.25, 0.3) is 0 Å². The van der Waals surface area contributed by atoms with Crippen molar-refractivity contribution in [3.63, 3.8) is 0 Å². The lowest BCUT2D eigenvalue weighted by molar-refractivity contribution is 0.152. The van der Waals surface area contributed by atoms with Gasteiger partial charge in [-0.1, -0.05) is 32.8 Å². The van der Waals surface area contributed by atoms with E-state index in [0.29, 0.717) is 12.5 Å². The summed E-state index contributed by atoms with van der Waals surface area (Å²) in [5, 5.41) is 2.81. The average Bonchev–Trinajstić information content (AvgIpc) is 2.36. The van der Waals surface area contributed by atoms with Crippen LogP contribution in [0.1, 0.15) is 46.0 Å². The van der Waals surface area contributed by atoms with Gasteiger partial charge in [0.15, 0.2) is 0 Å². The van der Waals surface area contributed by atoms with Crippen LogP contribution in [-0.2, 0) is 4.74 Å². The van der Waals surface area contributed by atoms with E-state index >= 15 is 0 Å². The Morgan fingerprint density at radius 3 is 3.07 bits per heavy atom. The first-order chi connectivity index (χ1) is 7.24. The van der Waals surface area contributed by atoms with E-state index in [1.54, 1.807) is 0 Å². The molecule has 1 fully saturated rings. The highest BCUT2D eigenvalue weighted by molar-refractivity contribution is 5.69. The van der Waals surface area contributed by atoms with E-state index in [4.69, 9.17) is 4.74 Å². The first kappa shape index (κ1) is 12.1. The first-order valence-corrected chi connectivity index (χ1v) is 5.88. The molecule has 1 amide bonds. The molecule has 0 aromatic heterocycles. The van der Waals surface area contributed by atoms with Crippen LogP contribution in [0, 0.1) is 5.92 Å². The number of amides is 1. The molecule has 0 bridgehead atoms. The summed E-state index contributed by atoms with van der Waals surface area (Å²) < 4.78 is 4.94. The standard InChI is InChI=1S/C12H21NO2/c1-3-4-5-6-7-11-10(2)8-9-15-12(14)13-11/h7,10H,3-6,8-9H2,1-2H3,(H,13,14)/b11-7+. The van der Waals surface area contributed by atoms with Gasteiger partial charge in [-0.2, -0.15) is 0 Å². The van der Waals surface area contributed by atoms with Gasteiger partial charge in [0, 0.05) is 5.70 Å². The smallest absolute Gasteiger partial charge is 0.411 e. The molecule has 0 saturated carbocycles. The minimum absolute atomic E-state index is 0.305. The van der Waals surface area contributed by atoms with Gasteiger partial charge in [0.2, 0.25) is 0 Å². The normalized spacial score (nSPS) is 24.5. The van der Waals surface area contributed by atoms with Crippen molar-refractivity contribution >= 4 is 6.09 Å². The van der Waals surface area contributed by atoms with Crippen molar-refractivity contribution < 1.29 is 9.53 Å². The van der Waals surface area contributed by atoms with E-state index in [9.17, 15) is 4.79 Å². The zero-order valence-electron chi connectivity index (χ0n) is 9.71. The molecular weight excluding hydrogens is 190 g/mol. The van der Waals surface area contributed by atoms with Crippen molar-refractivity contribution in [1.82, 2.24) is 5.32 Å². The summed E-state index contributed by atoms with van der Waals surface area (Å²) in [7, 11) is 0. The Hall–Kier alpha value is -0.990. The Kier molecular flexibility index (Phi) is 5.22. The first-order valence-electron chi connectivity index (χ1n) is 5.88. The van der Waals surface area contributed by atoms with Crippen molar-refractivity contribution in [1.29, 1.82) is 0 Å². The number of carbonyl (C=O) groups excluding carboxylic acids is 1. The second-order valence-corrected chi connectivity index (χ2v) is 4.11. The molecule has 15 heavy (non-hydrogen) atoms. The number of allylic oxidation sites excluding steroid dienone is 2. The summed E-state index contributed by atoms with van der Waals surface area (Å²) >= 11 is 0. The van der Waals surface area contributed by atoms with Crippen molar-refractivity contribution in [3.05, 3.63) is 11.8 Å². The minimum atomic E-state index is -0.305. The fourth-order valence-corrected chi connectivity index (χ4v) is 1.67. The fraction of sp³-hybridized carbons (Fsp3) is 0.750. The molecule has 0 aliphatic carbocycles. The number of hydrogen-bond acceptors (Lipinski definition) is 2. The van der Waals surface area contributed by atoms with E-state index in [1.807, 2.05) is 0 Å². The third-order valence-electron chi connectivity index (χ3n) is 2.73. The molecular formula is C12H21NO2. The molecule has 3 heteroatoms. The number of nitrogens with one attached hydrogen (secondary N) is 1. The quantitative estimate of drug-likeness (QED) is 0.725. The Morgan fingerprint density at radius 2 is 2.33 bits per heavy atom. The van der Waals surface area contributed by atoms with E-state index in [0.717, 1.165) is 18.5 Å². The minimum Gasteiger partial charge on any atom is -0.449 e. The predicted octanol–water partition coefficient (Wildman–Crippen LogP) is 3.22. The highest BCUT2D eigenvalue weighted by Gasteiger charge is 2.17. The van der Waals surface area contributed by atoms with Crippen LogP contribution in [-0.4, -0.2) is 12.7 Å². The van der Waals surface area contributed by atoms with Crippen LogP contribution < -0.4 is 5.32 Å². The van der Waals surface area contributed by atoms with Crippen molar-refractivity contribution in [2.24, 2.45) is 5.92 Å². The van der Waals surface area contributed by atoms with Crippen molar-refractivity contribution in [2.45, 2.75) is 46.0 Å². The van der Waals surface area contributed by atoms with Crippen LogP contribution in [0.2, 0.25) is 0 Å². The highest BCUT2D eigenvalue weighted by atomic mass is 16.5. The lowest BCUT2D eigenvalue weighted by atomic mass is 10.0. The van der Waals surface area contributed by atoms with Gasteiger partial charge in [-0.3, -0.25) is 5.32 Å². The summed E-state index contributed by atoms with van der Waals surface area (Å²) in [6.07, 6.45) is 7.49. The third-order valence-corrected chi connectivity index (χ3v) is 2.73. The summed E-state index contributed by atoms with van der Waals surface area (Å²) in [6.45, 7) is 4.84. The number of carbonyl (C=O) groups is 1. The molecule has 1 N–H and O–H groups in total. The van der Waals surface area contributed by atoms with Gasteiger partial charge < -0.3 is 4.74 Å². The molecule has 0 spiro atoms. The molecule has 1 atom stereocenters. The molecule has 0 aromatic carbocycles. The number of cyclic esters (lactones) is 1. The lowest BCUT2D eigenvalue weighted by Gasteiger charge is -2.10. The molecule has 3 nitrogen and oxygen atoms in total. The van der Waals surface area contributed by atoms with E-state index in [2.05, 4.69) is 25.2 Å². The zero-order valence-corrected chi connectivity index (χ0v) is 9.71. The average molecular weight is 211 g/mol. The zero-order chi connectivity index (χ0) is 11.1. The van der Waals surface area contributed by atoms with E-state index in [1.165, 1.54) is 19.3 Å².